The molecule has 158 valence electrons. The molecule has 2 aromatic carbocycles. The van der Waals surface area contributed by atoms with Crippen LogP contribution in [0, 0.1) is 0 Å². The van der Waals surface area contributed by atoms with Crippen LogP contribution in [0.4, 0.5) is 13.2 Å². The Morgan fingerprint density at radius 3 is 2.20 bits per heavy atom. The molecule has 1 aliphatic rings. The van der Waals surface area contributed by atoms with Crippen LogP contribution < -0.4 is 5.32 Å². The van der Waals surface area contributed by atoms with Gasteiger partial charge in [0, 0.05) is 40.8 Å². The van der Waals surface area contributed by atoms with Gasteiger partial charge in [-0.05, 0) is 29.4 Å². The number of nitrogens with one attached hydrogen (secondary N) is 1. The van der Waals surface area contributed by atoms with E-state index in [9.17, 15) is 37.2 Å². The lowest BCUT2D eigenvalue weighted by Gasteiger charge is -2.19. The fourth-order valence-corrected chi connectivity index (χ4v) is 3.94. The van der Waals surface area contributed by atoms with Gasteiger partial charge in [0.05, 0.1) is 0 Å². The van der Waals surface area contributed by atoms with Gasteiger partial charge in [0.2, 0.25) is 11.2 Å². The van der Waals surface area contributed by atoms with Crippen molar-refractivity contribution in [2.24, 2.45) is 0 Å². The highest BCUT2D eigenvalue weighted by molar-refractivity contribution is 7.91. The lowest BCUT2D eigenvalue weighted by molar-refractivity contribution is -0.106. The molecule has 1 aliphatic carbocycles. The summed E-state index contributed by atoms with van der Waals surface area (Å²) in [6.45, 7) is -0.226. The monoisotopic (exact) mass is 439 g/mol. The molecule has 10 heteroatoms. The van der Waals surface area contributed by atoms with Gasteiger partial charge < -0.3 is 15.0 Å². The van der Waals surface area contributed by atoms with E-state index in [2.05, 4.69) is 5.32 Å². The fourth-order valence-electron chi connectivity index (χ4n) is 3.04. The van der Waals surface area contributed by atoms with Gasteiger partial charge in [-0.15, -0.1) is 0 Å². The van der Waals surface area contributed by atoms with Crippen molar-refractivity contribution in [3.63, 3.8) is 0 Å². The second-order valence-electron chi connectivity index (χ2n) is 6.60. The van der Waals surface area contributed by atoms with E-state index >= 15 is 0 Å². The summed E-state index contributed by atoms with van der Waals surface area (Å²) in [6.07, 6.45) is -5.01. The van der Waals surface area contributed by atoms with Crippen LogP contribution in [0.5, 0.6) is 0 Å². The smallest absolute Gasteiger partial charge is 0.433 e. The van der Waals surface area contributed by atoms with Crippen LogP contribution in [0.25, 0.3) is 0 Å². The number of amides is 1. The third-order valence-electron chi connectivity index (χ3n) is 4.47. The average Bonchev–Trinajstić information content (AvgIpc) is 2.70. The van der Waals surface area contributed by atoms with Crippen LogP contribution >= 0.6 is 0 Å². The number of fused-ring (bicyclic) bond motifs is 2. The number of ketones is 2. The summed E-state index contributed by atoms with van der Waals surface area (Å²) in [5.41, 5.74) is -0.895. The molecule has 2 unspecified atom stereocenters. The van der Waals surface area contributed by atoms with Crippen LogP contribution in [0.15, 0.2) is 42.5 Å². The SMILES string of the molecule is O=C(NCCC(O)[S+]([O-])CC(F)(F)F)c1ccc2c(c1)C(=O)c1ccccc1C2=O. The summed E-state index contributed by atoms with van der Waals surface area (Å²) in [6, 6.07) is 10.3. The van der Waals surface area contributed by atoms with Crippen molar-refractivity contribution in [1.82, 2.24) is 5.32 Å². The minimum atomic E-state index is -4.67. The highest BCUT2D eigenvalue weighted by Gasteiger charge is 2.37. The van der Waals surface area contributed by atoms with Crippen molar-refractivity contribution in [3.8, 4) is 0 Å². The van der Waals surface area contributed by atoms with Gasteiger partial charge in [-0.2, -0.15) is 13.2 Å². The number of alkyl halides is 3. The van der Waals surface area contributed by atoms with Crippen LogP contribution in [0.1, 0.15) is 48.6 Å². The highest BCUT2D eigenvalue weighted by atomic mass is 32.2. The van der Waals surface area contributed by atoms with E-state index in [1.54, 1.807) is 18.2 Å². The summed E-state index contributed by atoms with van der Waals surface area (Å²) >= 11 is -2.53. The molecule has 1 amide bonds. The summed E-state index contributed by atoms with van der Waals surface area (Å²) in [5, 5.41) is 11.9. The first-order chi connectivity index (χ1) is 14.1. The van der Waals surface area contributed by atoms with E-state index in [4.69, 9.17) is 0 Å². The normalized spacial score (nSPS) is 15.2. The molecule has 0 heterocycles. The van der Waals surface area contributed by atoms with Crippen LogP contribution in [-0.2, 0) is 11.2 Å². The number of hydrogen-bond acceptors (Lipinski definition) is 5. The largest absolute Gasteiger partial charge is 0.614 e. The van der Waals surface area contributed by atoms with E-state index in [1.165, 1.54) is 24.3 Å². The molecule has 0 radical (unpaired) electrons. The van der Waals surface area contributed by atoms with Crippen LogP contribution in [0.2, 0.25) is 0 Å². The summed E-state index contributed by atoms with van der Waals surface area (Å²) in [4.78, 5) is 37.5. The van der Waals surface area contributed by atoms with Crippen molar-refractivity contribution in [2.45, 2.75) is 18.0 Å². The maximum atomic E-state index is 12.7. The van der Waals surface area contributed by atoms with E-state index in [0.717, 1.165) is 0 Å². The van der Waals surface area contributed by atoms with Gasteiger partial charge in [0.1, 0.15) is 0 Å². The molecule has 0 fully saturated rings. The number of rotatable bonds is 6. The molecule has 2 aromatic rings. The van der Waals surface area contributed by atoms with Crippen molar-refractivity contribution in [3.05, 3.63) is 70.3 Å². The molecular weight excluding hydrogens is 423 g/mol. The molecule has 2 atom stereocenters. The Morgan fingerprint density at radius 1 is 1.03 bits per heavy atom. The third-order valence-corrected chi connectivity index (χ3v) is 5.93. The fraction of sp³-hybridized carbons (Fsp3) is 0.250. The number of halogens is 3. The Balaban J connectivity index is 1.66. The molecular formula is C20H16F3NO5S. The standard InChI is InChI=1S/C20H16F3NO5S/c21-20(22,23)10-30(29)16(25)7-8-24-19(28)11-5-6-14-15(9-11)18(27)13-4-2-1-3-12(13)17(14)26/h1-6,9,16,25H,7-8,10H2,(H,24,28). The molecule has 6 nitrogen and oxygen atoms in total. The maximum absolute atomic E-state index is 12.7. The minimum Gasteiger partial charge on any atom is -0.614 e. The summed E-state index contributed by atoms with van der Waals surface area (Å²) in [7, 11) is 0. The quantitative estimate of drug-likeness (QED) is 0.573. The summed E-state index contributed by atoms with van der Waals surface area (Å²) < 4.78 is 48.0. The Morgan fingerprint density at radius 2 is 1.60 bits per heavy atom. The average molecular weight is 439 g/mol. The number of carbonyl (C=O) groups is 3. The van der Waals surface area contributed by atoms with E-state index in [0.29, 0.717) is 0 Å². The van der Waals surface area contributed by atoms with E-state index < -0.39 is 40.2 Å². The predicted molar refractivity (Wildman–Crippen MR) is 102 cm³/mol. The molecule has 0 aliphatic heterocycles. The zero-order chi connectivity index (χ0) is 22.1. The number of hydrogen-bond donors (Lipinski definition) is 2. The van der Waals surface area contributed by atoms with Crippen molar-refractivity contribution in [1.29, 1.82) is 0 Å². The molecule has 30 heavy (non-hydrogen) atoms. The molecule has 2 N–H and O–H groups in total. The topological polar surface area (TPSA) is 107 Å². The lowest BCUT2D eigenvalue weighted by atomic mass is 9.83. The summed E-state index contributed by atoms with van der Waals surface area (Å²) in [5.74, 6) is -3.01. The maximum Gasteiger partial charge on any atom is 0.433 e. The van der Waals surface area contributed by atoms with E-state index in [-0.39, 0.29) is 46.6 Å². The van der Waals surface area contributed by atoms with Gasteiger partial charge in [-0.25, -0.2) is 0 Å². The number of benzene rings is 2. The van der Waals surface area contributed by atoms with Crippen molar-refractivity contribution in [2.75, 3.05) is 12.3 Å². The predicted octanol–water partition coefficient (Wildman–Crippen LogP) is 2.21. The first-order valence-electron chi connectivity index (χ1n) is 8.81. The first-order valence-corrected chi connectivity index (χ1v) is 10.2. The zero-order valence-electron chi connectivity index (χ0n) is 15.4. The Labute approximate surface area is 172 Å². The molecule has 0 saturated carbocycles. The molecule has 0 aromatic heterocycles. The van der Waals surface area contributed by atoms with Gasteiger partial charge in [-0.3, -0.25) is 14.4 Å². The van der Waals surface area contributed by atoms with Crippen molar-refractivity contribution < 1.29 is 37.2 Å². The Kier molecular flexibility index (Phi) is 6.30. The lowest BCUT2D eigenvalue weighted by Crippen LogP contribution is -2.35. The van der Waals surface area contributed by atoms with Crippen LogP contribution in [0.3, 0.4) is 0 Å². The third kappa shape index (κ3) is 4.72. The minimum absolute atomic E-state index is 0.0696. The molecule has 0 bridgehead atoms. The van der Waals surface area contributed by atoms with Crippen LogP contribution in [-0.4, -0.2) is 51.0 Å². The van der Waals surface area contributed by atoms with Gasteiger partial charge in [-0.1, -0.05) is 24.3 Å². The zero-order valence-corrected chi connectivity index (χ0v) is 16.2. The van der Waals surface area contributed by atoms with E-state index in [1.807, 2.05) is 0 Å². The number of aliphatic hydroxyl groups excluding tert-OH is 1. The highest BCUT2D eigenvalue weighted by Crippen LogP contribution is 2.28. The second-order valence-corrected chi connectivity index (χ2v) is 8.20. The van der Waals surface area contributed by atoms with Gasteiger partial charge >= 0.3 is 6.18 Å². The molecule has 0 saturated heterocycles. The van der Waals surface area contributed by atoms with Gasteiger partial charge in [0.15, 0.2) is 11.6 Å². The molecule has 3 rings (SSSR count). The Hall–Kier alpha value is -2.69. The first kappa shape index (κ1) is 22.0. The van der Waals surface area contributed by atoms with Gasteiger partial charge in [0.25, 0.3) is 5.91 Å². The Bertz CT molecular complexity index is 1010. The molecule has 0 spiro atoms. The van der Waals surface area contributed by atoms with Crippen molar-refractivity contribution >= 4 is 28.6 Å². The second kappa shape index (κ2) is 8.58. The number of carbonyl (C=O) groups excluding carboxylic acids is 3. The number of aliphatic hydroxyl groups is 1.